The van der Waals surface area contributed by atoms with E-state index in [1.165, 1.54) is 0 Å². The Bertz CT molecular complexity index is 619. The molecule has 6 heteroatoms. The third-order valence-electron chi connectivity index (χ3n) is 2.84. The van der Waals surface area contributed by atoms with E-state index in [4.69, 9.17) is 11.6 Å². The van der Waals surface area contributed by atoms with Crippen molar-refractivity contribution in [3.05, 3.63) is 39.6 Å². The lowest BCUT2D eigenvalue weighted by molar-refractivity contribution is 0.919. The highest BCUT2D eigenvalue weighted by Gasteiger charge is 2.06. The maximum atomic E-state index is 6.22. The average Bonchev–Trinajstić information content (AvgIpc) is 2.48. The molecular weight excluding hydrogens is 352 g/mol. The largest absolute Gasteiger partial charge is 0.370 e. The van der Waals surface area contributed by atoms with Crippen LogP contribution in [0.5, 0.6) is 0 Å². The van der Waals surface area contributed by atoms with Crippen LogP contribution < -0.4 is 10.6 Å². The Morgan fingerprint density at radius 1 is 1.14 bits per heavy atom. The first-order chi connectivity index (χ1) is 10.1. The standard InChI is InChI=1S/C15H18BrClN4/c1-3-7-18-14-9-15(21-13(4-2)20-14)19-12-6-5-10(16)8-11(12)17/h5-6,8-9H,3-4,7H2,1-2H3,(H2,18,19,20,21). The summed E-state index contributed by atoms with van der Waals surface area (Å²) in [5.74, 6) is 2.37. The highest BCUT2D eigenvalue weighted by Crippen LogP contribution is 2.28. The first-order valence-electron chi connectivity index (χ1n) is 6.96. The summed E-state index contributed by atoms with van der Waals surface area (Å²) in [5, 5.41) is 7.18. The molecule has 0 unspecified atom stereocenters. The smallest absolute Gasteiger partial charge is 0.136 e. The van der Waals surface area contributed by atoms with E-state index in [9.17, 15) is 0 Å². The molecule has 0 spiro atoms. The predicted octanol–water partition coefficient (Wildman–Crippen LogP) is 5.02. The molecule has 112 valence electrons. The number of nitrogens with zero attached hydrogens (tertiary/aromatic N) is 2. The topological polar surface area (TPSA) is 49.8 Å². The van der Waals surface area contributed by atoms with Crippen molar-refractivity contribution in [2.24, 2.45) is 0 Å². The van der Waals surface area contributed by atoms with Crippen LogP contribution in [0.3, 0.4) is 0 Å². The quantitative estimate of drug-likeness (QED) is 0.750. The minimum absolute atomic E-state index is 0.643. The summed E-state index contributed by atoms with van der Waals surface area (Å²) < 4.78 is 0.945. The molecule has 0 aliphatic carbocycles. The molecule has 0 radical (unpaired) electrons. The van der Waals surface area contributed by atoms with Gasteiger partial charge in [0.05, 0.1) is 10.7 Å². The third-order valence-corrected chi connectivity index (χ3v) is 3.64. The molecule has 0 atom stereocenters. The Labute approximate surface area is 138 Å². The molecule has 0 saturated carbocycles. The van der Waals surface area contributed by atoms with Gasteiger partial charge in [-0.1, -0.05) is 41.4 Å². The summed E-state index contributed by atoms with van der Waals surface area (Å²) in [6, 6.07) is 7.60. The predicted molar refractivity (Wildman–Crippen MR) is 92.6 cm³/mol. The second-order valence-corrected chi connectivity index (χ2v) is 5.91. The molecule has 1 aromatic carbocycles. The molecule has 0 amide bonds. The molecule has 1 heterocycles. The van der Waals surface area contributed by atoms with Gasteiger partial charge in [0.15, 0.2) is 0 Å². The molecule has 2 rings (SSSR count). The molecule has 2 aromatic rings. The van der Waals surface area contributed by atoms with Crippen LogP contribution in [-0.2, 0) is 6.42 Å². The zero-order valence-corrected chi connectivity index (χ0v) is 14.4. The minimum atomic E-state index is 0.643. The van der Waals surface area contributed by atoms with Crippen molar-refractivity contribution >= 4 is 44.9 Å². The Balaban J connectivity index is 2.25. The number of nitrogens with one attached hydrogen (secondary N) is 2. The summed E-state index contributed by atoms with van der Waals surface area (Å²) >= 11 is 9.62. The molecule has 21 heavy (non-hydrogen) atoms. The molecule has 2 N–H and O–H groups in total. The van der Waals surface area contributed by atoms with Crippen LogP contribution in [0.25, 0.3) is 0 Å². The Hall–Kier alpha value is -1.33. The van der Waals surface area contributed by atoms with Gasteiger partial charge in [-0.2, -0.15) is 0 Å². The summed E-state index contributed by atoms with van der Waals surface area (Å²) in [5.41, 5.74) is 0.821. The number of rotatable bonds is 6. The van der Waals surface area contributed by atoms with Crippen LogP contribution in [0.2, 0.25) is 5.02 Å². The summed E-state index contributed by atoms with van der Waals surface area (Å²) in [6.07, 6.45) is 1.83. The SMILES string of the molecule is CCCNc1cc(Nc2ccc(Br)cc2Cl)nc(CC)n1. The maximum Gasteiger partial charge on any atom is 0.136 e. The fourth-order valence-electron chi connectivity index (χ4n) is 1.79. The fourth-order valence-corrected chi connectivity index (χ4v) is 2.51. The molecule has 0 aliphatic rings. The summed E-state index contributed by atoms with van der Waals surface area (Å²) in [4.78, 5) is 8.95. The van der Waals surface area contributed by atoms with Crippen molar-refractivity contribution in [2.45, 2.75) is 26.7 Å². The zero-order chi connectivity index (χ0) is 15.2. The van der Waals surface area contributed by atoms with Crippen molar-refractivity contribution < 1.29 is 0 Å². The zero-order valence-electron chi connectivity index (χ0n) is 12.1. The van der Waals surface area contributed by atoms with Crippen LogP contribution in [-0.4, -0.2) is 16.5 Å². The van der Waals surface area contributed by atoms with Crippen molar-refractivity contribution in [3.8, 4) is 0 Å². The third kappa shape index (κ3) is 4.58. The fraction of sp³-hybridized carbons (Fsp3) is 0.333. The lowest BCUT2D eigenvalue weighted by Gasteiger charge is -2.11. The molecular formula is C15H18BrClN4. The highest BCUT2D eigenvalue weighted by atomic mass is 79.9. The van der Waals surface area contributed by atoms with Crippen LogP contribution >= 0.6 is 27.5 Å². The number of halogens is 2. The van der Waals surface area contributed by atoms with Crippen LogP contribution in [0.15, 0.2) is 28.7 Å². The van der Waals surface area contributed by atoms with Crippen molar-refractivity contribution in [2.75, 3.05) is 17.2 Å². The van der Waals surface area contributed by atoms with E-state index in [1.807, 2.05) is 31.2 Å². The van der Waals surface area contributed by atoms with E-state index in [-0.39, 0.29) is 0 Å². The van der Waals surface area contributed by atoms with Crippen LogP contribution in [0.1, 0.15) is 26.1 Å². The second-order valence-electron chi connectivity index (χ2n) is 4.58. The van der Waals surface area contributed by atoms with E-state index in [1.54, 1.807) is 0 Å². The summed E-state index contributed by atoms with van der Waals surface area (Å²) in [7, 11) is 0. The van der Waals surface area contributed by atoms with Gasteiger partial charge in [0.2, 0.25) is 0 Å². The van der Waals surface area contributed by atoms with Crippen LogP contribution in [0.4, 0.5) is 17.3 Å². The second kappa shape index (κ2) is 7.61. The maximum absolute atomic E-state index is 6.22. The first-order valence-corrected chi connectivity index (χ1v) is 8.13. The first kappa shape index (κ1) is 16.0. The van der Waals surface area contributed by atoms with Gasteiger partial charge >= 0.3 is 0 Å². The van der Waals surface area contributed by atoms with Crippen LogP contribution in [0, 0.1) is 0 Å². The van der Waals surface area contributed by atoms with Gasteiger partial charge < -0.3 is 10.6 Å². The Morgan fingerprint density at radius 3 is 2.57 bits per heavy atom. The van der Waals surface area contributed by atoms with Gasteiger partial charge in [0.25, 0.3) is 0 Å². The number of hydrogen-bond acceptors (Lipinski definition) is 4. The van der Waals surface area contributed by atoms with Gasteiger partial charge in [0, 0.05) is 23.5 Å². The van der Waals surface area contributed by atoms with E-state index in [0.717, 1.165) is 47.0 Å². The van der Waals surface area contributed by atoms with Gasteiger partial charge in [-0.15, -0.1) is 0 Å². The monoisotopic (exact) mass is 368 g/mol. The van der Waals surface area contributed by atoms with Crippen molar-refractivity contribution in [1.29, 1.82) is 0 Å². The van der Waals surface area contributed by atoms with Gasteiger partial charge in [0.1, 0.15) is 17.5 Å². The Morgan fingerprint density at radius 2 is 1.90 bits per heavy atom. The molecule has 0 aliphatic heterocycles. The molecule has 0 bridgehead atoms. The van der Waals surface area contributed by atoms with Crippen molar-refractivity contribution in [3.63, 3.8) is 0 Å². The molecule has 4 nitrogen and oxygen atoms in total. The van der Waals surface area contributed by atoms with E-state index in [0.29, 0.717) is 5.02 Å². The van der Waals surface area contributed by atoms with Crippen molar-refractivity contribution in [1.82, 2.24) is 9.97 Å². The number of aryl methyl sites for hydroxylation is 1. The summed E-state index contributed by atoms with van der Waals surface area (Å²) in [6.45, 7) is 5.05. The number of benzene rings is 1. The molecule has 0 fully saturated rings. The number of hydrogen-bond donors (Lipinski definition) is 2. The lowest BCUT2D eigenvalue weighted by Crippen LogP contribution is -2.07. The minimum Gasteiger partial charge on any atom is -0.370 e. The highest BCUT2D eigenvalue weighted by molar-refractivity contribution is 9.10. The number of aromatic nitrogens is 2. The molecule has 0 saturated heterocycles. The average molecular weight is 370 g/mol. The van der Waals surface area contributed by atoms with E-state index in [2.05, 4.69) is 43.5 Å². The normalized spacial score (nSPS) is 10.5. The van der Waals surface area contributed by atoms with Gasteiger partial charge in [-0.05, 0) is 24.6 Å². The van der Waals surface area contributed by atoms with Gasteiger partial charge in [-0.3, -0.25) is 0 Å². The number of anilines is 3. The Kier molecular flexibility index (Phi) is 5.82. The van der Waals surface area contributed by atoms with Gasteiger partial charge in [-0.25, -0.2) is 9.97 Å². The molecule has 1 aromatic heterocycles. The van der Waals surface area contributed by atoms with E-state index >= 15 is 0 Å². The van der Waals surface area contributed by atoms with E-state index < -0.39 is 0 Å². The lowest BCUT2D eigenvalue weighted by atomic mass is 10.3.